The maximum Gasteiger partial charge on any atom is 0.135 e. The lowest BCUT2D eigenvalue weighted by molar-refractivity contribution is 0.668. The van der Waals surface area contributed by atoms with E-state index in [9.17, 15) is 0 Å². The molecular weight excluding hydrogens is 853 g/mol. The number of rotatable bonds is 6. The van der Waals surface area contributed by atoms with Crippen molar-refractivity contribution in [1.82, 2.24) is 9.13 Å². The number of para-hydroxylation sites is 3. The standard InChI is InChI=1S/C66H40N2O2/c1-2-12-41(13-3-1)42-14-10-15-43(34-42)44-16-11-17-45(35-44)47-25-32-65-57(38-47)58-40-50(28-33-66(58)70-65)68-60-22-8-5-19-52(60)55-39-49(27-30-62(55)68)67-59-21-7-4-18-51(59)54-36-46(24-29-61(54)67)48-26-31-64-56(37-48)53-20-6-9-23-63(53)69-64/h1-40H. The first-order chi connectivity index (χ1) is 34.7. The van der Waals surface area contributed by atoms with E-state index in [4.69, 9.17) is 8.83 Å². The third-order valence-electron chi connectivity index (χ3n) is 14.5. The van der Waals surface area contributed by atoms with Crippen molar-refractivity contribution in [2.24, 2.45) is 0 Å². The average molecular weight is 893 g/mol. The summed E-state index contributed by atoms with van der Waals surface area (Å²) in [5.74, 6) is 0. The van der Waals surface area contributed by atoms with E-state index in [-0.39, 0.29) is 0 Å². The smallest absolute Gasteiger partial charge is 0.135 e. The predicted molar refractivity (Wildman–Crippen MR) is 291 cm³/mol. The van der Waals surface area contributed by atoms with E-state index in [0.29, 0.717) is 0 Å². The van der Waals surface area contributed by atoms with Crippen LogP contribution in [-0.2, 0) is 0 Å². The van der Waals surface area contributed by atoms with Gasteiger partial charge in [-0.25, -0.2) is 0 Å². The second-order valence-electron chi connectivity index (χ2n) is 18.5. The zero-order valence-electron chi connectivity index (χ0n) is 37.8. The molecule has 11 aromatic carbocycles. The molecule has 0 bridgehead atoms. The molecule has 4 nitrogen and oxygen atoms in total. The molecule has 0 aliphatic carbocycles. The van der Waals surface area contributed by atoms with Gasteiger partial charge in [0.25, 0.3) is 0 Å². The van der Waals surface area contributed by atoms with Gasteiger partial charge >= 0.3 is 0 Å². The van der Waals surface area contributed by atoms with Gasteiger partial charge in [0.1, 0.15) is 22.3 Å². The average Bonchev–Trinajstić information content (AvgIpc) is 4.18. The number of aromatic nitrogens is 2. The van der Waals surface area contributed by atoms with Crippen LogP contribution < -0.4 is 0 Å². The topological polar surface area (TPSA) is 36.1 Å². The third kappa shape index (κ3) is 5.97. The number of hydrogen-bond donors (Lipinski definition) is 0. The molecule has 0 fully saturated rings. The Morgan fingerprint density at radius 2 is 0.557 bits per heavy atom. The van der Waals surface area contributed by atoms with E-state index in [2.05, 4.69) is 240 Å². The SMILES string of the molecule is c1ccc(-c2cccc(-c3cccc(-c4ccc5oc6ccc(-n7c8ccccc8c8cc(-n9c%10ccccc%10c%10cc(-c%11ccc%12oc%13ccccc%13c%12c%11)ccc%109)ccc87)cc6c5c4)c3)c2)cc1. The van der Waals surface area contributed by atoms with Crippen molar-refractivity contribution in [3.8, 4) is 55.9 Å². The molecule has 15 aromatic rings. The van der Waals surface area contributed by atoms with Crippen molar-refractivity contribution >= 4 is 87.5 Å². The Kier molecular flexibility index (Phi) is 8.33. The van der Waals surface area contributed by atoms with Crippen molar-refractivity contribution in [1.29, 1.82) is 0 Å². The Morgan fingerprint density at radius 3 is 1.17 bits per heavy atom. The summed E-state index contributed by atoms with van der Waals surface area (Å²) in [6.07, 6.45) is 0. The summed E-state index contributed by atoms with van der Waals surface area (Å²) in [6.45, 7) is 0. The van der Waals surface area contributed by atoms with Crippen molar-refractivity contribution in [3.63, 3.8) is 0 Å². The van der Waals surface area contributed by atoms with E-state index < -0.39 is 0 Å². The van der Waals surface area contributed by atoms with Gasteiger partial charge in [-0.3, -0.25) is 0 Å². The lowest BCUT2D eigenvalue weighted by atomic mass is 9.96. The highest BCUT2D eigenvalue weighted by molar-refractivity contribution is 6.14. The van der Waals surface area contributed by atoms with Gasteiger partial charge in [-0.2, -0.15) is 0 Å². The Bertz CT molecular complexity index is 4600. The quantitative estimate of drug-likeness (QED) is 0.167. The van der Waals surface area contributed by atoms with Crippen LogP contribution in [0, 0.1) is 0 Å². The summed E-state index contributed by atoms with van der Waals surface area (Å²) in [7, 11) is 0. The molecular formula is C66H40N2O2. The highest BCUT2D eigenvalue weighted by Gasteiger charge is 2.19. The van der Waals surface area contributed by atoms with Crippen molar-refractivity contribution in [2.45, 2.75) is 0 Å². The highest BCUT2D eigenvalue weighted by atomic mass is 16.3. The molecule has 0 atom stereocenters. The fourth-order valence-electron chi connectivity index (χ4n) is 11.2. The Morgan fingerprint density at radius 1 is 0.200 bits per heavy atom. The van der Waals surface area contributed by atoms with Crippen LogP contribution in [0.25, 0.3) is 143 Å². The van der Waals surface area contributed by atoms with E-state index in [0.717, 1.165) is 77.4 Å². The van der Waals surface area contributed by atoms with Gasteiger partial charge in [-0.1, -0.05) is 140 Å². The molecule has 4 aromatic heterocycles. The fourth-order valence-corrected chi connectivity index (χ4v) is 11.2. The normalized spacial score (nSPS) is 12.0. The van der Waals surface area contributed by atoms with E-state index in [1.54, 1.807) is 0 Å². The summed E-state index contributed by atoms with van der Waals surface area (Å²) >= 11 is 0. The number of fused-ring (bicyclic) bond motifs is 12. The lowest BCUT2D eigenvalue weighted by Gasteiger charge is -2.11. The van der Waals surface area contributed by atoms with Gasteiger partial charge in [-0.05, 0) is 148 Å². The minimum Gasteiger partial charge on any atom is -0.456 e. The van der Waals surface area contributed by atoms with Crippen LogP contribution in [0.3, 0.4) is 0 Å². The van der Waals surface area contributed by atoms with Crippen molar-refractivity contribution in [2.75, 3.05) is 0 Å². The predicted octanol–water partition coefficient (Wildman–Crippen LogP) is 18.3. The molecule has 4 heterocycles. The molecule has 0 aliphatic heterocycles. The zero-order valence-corrected chi connectivity index (χ0v) is 37.8. The first-order valence-corrected chi connectivity index (χ1v) is 23.9. The van der Waals surface area contributed by atoms with Crippen LogP contribution in [-0.4, -0.2) is 9.13 Å². The number of hydrogen-bond acceptors (Lipinski definition) is 2. The number of benzene rings is 11. The number of nitrogens with zero attached hydrogens (tertiary/aromatic N) is 2. The molecule has 0 N–H and O–H groups in total. The molecule has 326 valence electrons. The maximum atomic E-state index is 6.51. The molecule has 0 spiro atoms. The minimum absolute atomic E-state index is 0.871. The van der Waals surface area contributed by atoms with E-state index in [1.807, 2.05) is 12.1 Å². The Balaban J connectivity index is 0.827. The Labute approximate surface area is 402 Å². The lowest BCUT2D eigenvalue weighted by Crippen LogP contribution is -1.95. The molecule has 0 radical (unpaired) electrons. The van der Waals surface area contributed by atoms with Gasteiger partial charge in [0.05, 0.1) is 22.1 Å². The summed E-state index contributed by atoms with van der Waals surface area (Å²) in [6, 6.07) is 87.6. The number of furan rings is 2. The second-order valence-corrected chi connectivity index (χ2v) is 18.5. The molecule has 15 rings (SSSR count). The van der Waals surface area contributed by atoms with E-state index >= 15 is 0 Å². The van der Waals surface area contributed by atoms with Crippen LogP contribution >= 0.6 is 0 Å². The molecule has 0 saturated carbocycles. The molecule has 0 aliphatic rings. The van der Waals surface area contributed by atoms with Crippen LogP contribution in [0.4, 0.5) is 0 Å². The largest absolute Gasteiger partial charge is 0.456 e. The summed E-state index contributed by atoms with van der Waals surface area (Å²) in [5.41, 5.74) is 19.9. The fraction of sp³-hybridized carbons (Fsp3) is 0. The zero-order chi connectivity index (χ0) is 45.9. The first kappa shape index (κ1) is 38.7. The maximum absolute atomic E-state index is 6.51. The summed E-state index contributed by atoms with van der Waals surface area (Å²) < 4.78 is 17.5. The summed E-state index contributed by atoms with van der Waals surface area (Å²) in [5, 5.41) is 9.31. The van der Waals surface area contributed by atoms with Crippen LogP contribution in [0.5, 0.6) is 0 Å². The second kappa shape index (κ2) is 15.1. The minimum atomic E-state index is 0.871. The molecule has 4 heteroatoms. The third-order valence-corrected chi connectivity index (χ3v) is 14.5. The van der Waals surface area contributed by atoms with Crippen LogP contribution in [0.2, 0.25) is 0 Å². The van der Waals surface area contributed by atoms with Crippen molar-refractivity contribution < 1.29 is 8.83 Å². The van der Waals surface area contributed by atoms with Gasteiger partial charge < -0.3 is 18.0 Å². The van der Waals surface area contributed by atoms with Crippen molar-refractivity contribution in [3.05, 3.63) is 243 Å². The monoisotopic (exact) mass is 892 g/mol. The van der Waals surface area contributed by atoms with Gasteiger partial charge in [0.15, 0.2) is 0 Å². The molecule has 70 heavy (non-hydrogen) atoms. The van der Waals surface area contributed by atoms with Crippen LogP contribution in [0.15, 0.2) is 251 Å². The highest BCUT2D eigenvalue weighted by Crippen LogP contribution is 2.41. The van der Waals surface area contributed by atoms with E-state index in [1.165, 1.54) is 66.0 Å². The molecule has 0 amide bonds. The molecule has 0 saturated heterocycles. The molecule has 0 unspecified atom stereocenters. The van der Waals surface area contributed by atoms with Gasteiger partial charge in [0.2, 0.25) is 0 Å². The van der Waals surface area contributed by atoms with Crippen LogP contribution in [0.1, 0.15) is 0 Å². The van der Waals surface area contributed by atoms with Gasteiger partial charge in [-0.15, -0.1) is 0 Å². The Hall–Kier alpha value is -9.38. The first-order valence-electron chi connectivity index (χ1n) is 23.9. The summed E-state index contributed by atoms with van der Waals surface area (Å²) in [4.78, 5) is 0. The van der Waals surface area contributed by atoms with Gasteiger partial charge in [0, 0.05) is 54.5 Å².